The average Bonchev–Trinajstić information content (AvgIpc) is 2.79. The third-order valence-corrected chi connectivity index (χ3v) is 6.52. The maximum Gasteiger partial charge on any atom is 0.119 e. The number of ether oxygens (including phenoxy) is 2. The molecular formula is C27H34ClNO3. The van der Waals surface area contributed by atoms with Gasteiger partial charge in [0.15, 0.2) is 0 Å². The molecule has 3 atom stereocenters. The van der Waals surface area contributed by atoms with E-state index in [0.717, 1.165) is 30.7 Å². The molecule has 3 aromatic rings. The summed E-state index contributed by atoms with van der Waals surface area (Å²) in [4.78, 5) is 2.15. The lowest BCUT2D eigenvalue weighted by molar-refractivity contribution is -0.110. The zero-order chi connectivity index (χ0) is 21.8. The van der Waals surface area contributed by atoms with Crippen molar-refractivity contribution in [3.8, 4) is 5.75 Å². The topological polar surface area (TPSA) is 41.9 Å². The number of nitrogens with zero attached hydrogens (tertiary/aromatic N) is 1. The molecule has 4 nitrogen and oxygen atoms in total. The highest BCUT2D eigenvalue weighted by atomic mass is 35.5. The maximum atomic E-state index is 11.8. The van der Waals surface area contributed by atoms with E-state index in [9.17, 15) is 5.11 Å². The van der Waals surface area contributed by atoms with Gasteiger partial charge in [0, 0.05) is 12.5 Å². The number of hydrogen-bond donors (Lipinski definition) is 1. The number of rotatable bonds is 7. The Kier molecular flexibility index (Phi) is 8.18. The summed E-state index contributed by atoms with van der Waals surface area (Å²) < 4.78 is 11.7. The van der Waals surface area contributed by atoms with Gasteiger partial charge in [-0.2, -0.15) is 0 Å². The number of halogens is 1. The minimum Gasteiger partial charge on any atom is -0.497 e. The molecule has 0 spiro atoms. The maximum absolute atomic E-state index is 11.8. The molecule has 3 aromatic carbocycles. The average molecular weight is 456 g/mol. The van der Waals surface area contributed by atoms with Crippen LogP contribution >= 0.6 is 12.4 Å². The van der Waals surface area contributed by atoms with E-state index in [4.69, 9.17) is 9.47 Å². The molecule has 1 N–H and O–H groups in total. The van der Waals surface area contributed by atoms with Crippen LogP contribution in [0.3, 0.4) is 0 Å². The van der Waals surface area contributed by atoms with Gasteiger partial charge in [0.2, 0.25) is 0 Å². The highest BCUT2D eigenvalue weighted by Crippen LogP contribution is 2.43. The van der Waals surface area contributed by atoms with Gasteiger partial charge in [-0.05, 0) is 73.5 Å². The predicted molar refractivity (Wildman–Crippen MR) is 133 cm³/mol. The molecule has 0 saturated heterocycles. The molecule has 172 valence electrons. The number of fused-ring (bicyclic) bond motifs is 1. The molecule has 3 unspecified atom stereocenters. The highest BCUT2D eigenvalue weighted by molar-refractivity contribution is 5.85. The Bertz CT molecular complexity index is 1020. The van der Waals surface area contributed by atoms with Crippen LogP contribution in [0.2, 0.25) is 0 Å². The highest BCUT2D eigenvalue weighted by Gasteiger charge is 2.44. The van der Waals surface area contributed by atoms with Gasteiger partial charge in [-0.25, -0.2) is 0 Å². The summed E-state index contributed by atoms with van der Waals surface area (Å²) >= 11 is 0. The lowest BCUT2D eigenvalue weighted by Gasteiger charge is -2.44. The Hall–Kier alpha value is -2.11. The van der Waals surface area contributed by atoms with Crippen LogP contribution in [0.1, 0.15) is 30.4 Å². The van der Waals surface area contributed by atoms with Gasteiger partial charge in [0.1, 0.15) is 5.75 Å². The predicted octanol–water partition coefficient (Wildman–Crippen LogP) is 5.40. The smallest absolute Gasteiger partial charge is 0.119 e. The first kappa shape index (κ1) is 24.5. The van der Waals surface area contributed by atoms with Crippen LogP contribution in [0, 0.1) is 5.92 Å². The molecule has 0 amide bonds. The minimum atomic E-state index is -0.873. The van der Waals surface area contributed by atoms with Gasteiger partial charge in [0.25, 0.3) is 0 Å². The molecule has 32 heavy (non-hydrogen) atoms. The number of benzene rings is 3. The van der Waals surface area contributed by atoms with Crippen molar-refractivity contribution in [1.82, 2.24) is 4.90 Å². The third-order valence-electron chi connectivity index (χ3n) is 6.52. The van der Waals surface area contributed by atoms with Crippen molar-refractivity contribution in [2.75, 3.05) is 27.7 Å². The molecule has 4 rings (SSSR count). The third kappa shape index (κ3) is 5.44. The summed E-state index contributed by atoms with van der Waals surface area (Å²) in [6, 6.07) is 22.8. The van der Waals surface area contributed by atoms with E-state index >= 15 is 0 Å². The fourth-order valence-corrected chi connectivity index (χ4v) is 4.85. The summed E-state index contributed by atoms with van der Waals surface area (Å²) in [6.45, 7) is 1.41. The monoisotopic (exact) mass is 455 g/mol. The summed E-state index contributed by atoms with van der Waals surface area (Å²) in [5, 5.41) is 14.2. The van der Waals surface area contributed by atoms with Crippen molar-refractivity contribution in [2.45, 2.75) is 37.6 Å². The van der Waals surface area contributed by atoms with Crippen molar-refractivity contribution < 1.29 is 14.6 Å². The van der Waals surface area contributed by atoms with E-state index in [1.165, 1.54) is 16.3 Å². The molecule has 0 aliphatic heterocycles. The van der Waals surface area contributed by atoms with Crippen molar-refractivity contribution >= 4 is 23.2 Å². The number of aliphatic hydroxyl groups is 1. The zero-order valence-corrected chi connectivity index (χ0v) is 20.0. The lowest BCUT2D eigenvalue weighted by Crippen LogP contribution is -2.46. The molecule has 1 aliphatic carbocycles. The van der Waals surface area contributed by atoms with Crippen LogP contribution in [-0.2, 0) is 16.9 Å². The lowest BCUT2D eigenvalue weighted by atomic mass is 9.70. The van der Waals surface area contributed by atoms with Gasteiger partial charge in [-0.3, -0.25) is 0 Å². The van der Waals surface area contributed by atoms with Gasteiger partial charge in [0.05, 0.1) is 25.4 Å². The Morgan fingerprint density at radius 3 is 2.53 bits per heavy atom. The molecule has 1 saturated carbocycles. The first-order valence-electron chi connectivity index (χ1n) is 11.1. The molecule has 1 aliphatic rings. The SMILES string of the molecule is COc1cccc(C2(O)CCC(OCc3ccc4ccccc4c3)CC2CN(C)C)c1.Cl. The summed E-state index contributed by atoms with van der Waals surface area (Å²) in [5.74, 6) is 0.870. The van der Waals surface area contributed by atoms with Gasteiger partial charge < -0.3 is 19.5 Å². The van der Waals surface area contributed by atoms with Crippen LogP contribution < -0.4 is 4.74 Å². The Balaban J connectivity index is 0.00000289. The zero-order valence-electron chi connectivity index (χ0n) is 19.2. The molecule has 5 heteroatoms. The van der Waals surface area contributed by atoms with Crippen LogP contribution in [0.4, 0.5) is 0 Å². The Labute approximate surface area is 197 Å². The molecule has 0 bridgehead atoms. The summed E-state index contributed by atoms with van der Waals surface area (Å²) in [6.07, 6.45) is 2.49. The Morgan fingerprint density at radius 1 is 1.00 bits per heavy atom. The van der Waals surface area contributed by atoms with Crippen molar-refractivity contribution in [3.63, 3.8) is 0 Å². The first-order valence-corrected chi connectivity index (χ1v) is 11.1. The van der Waals surface area contributed by atoms with Crippen molar-refractivity contribution in [3.05, 3.63) is 77.9 Å². The Morgan fingerprint density at radius 2 is 1.78 bits per heavy atom. The summed E-state index contributed by atoms with van der Waals surface area (Å²) in [5.41, 5.74) is 1.25. The van der Waals surface area contributed by atoms with Crippen LogP contribution in [0.25, 0.3) is 10.8 Å². The molecule has 0 aromatic heterocycles. The largest absolute Gasteiger partial charge is 0.497 e. The fraction of sp³-hybridized carbons (Fsp3) is 0.407. The minimum absolute atomic E-state index is 0. The van der Waals surface area contributed by atoms with E-state index in [1.54, 1.807) is 7.11 Å². The normalized spacial score (nSPS) is 23.2. The van der Waals surface area contributed by atoms with E-state index in [1.807, 2.05) is 24.3 Å². The van der Waals surface area contributed by atoms with Crippen LogP contribution in [0.5, 0.6) is 5.75 Å². The number of methoxy groups -OCH3 is 1. The van der Waals surface area contributed by atoms with Gasteiger partial charge in [-0.1, -0.05) is 48.5 Å². The standard InChI is InChI=1S/C27H33NO3.ClH/c1-28(2)18-24-17-26(13-14-27(24,29)23-9-6-10-25(16-23)30-3)31-19-20-11-12-21-7-4-5-8-22(21)15-20;/h4-12,15-16,24,26,29H,13-14,17-19H2,1-3H3;1H. The second-order valence-electron chi connectivity index (χ2n) is 9.00. The van der Waals surface area contributed by atoms with Gasteiger partial charge in [-0.15, -0.1) is 12.4 Å². The fourth-order valence-electron chi connectivity index (χ4n) is 4.85. The van der Waals surface area contributed by atoms with E-state index < -0.39 is 5.60 Å². The summed E-state index contributed by atoms with van der Waals surface area (Å²) in [7, 11) is 5.79. The molecule has 1 fully saturated rings. The van der Waals surface area contributed by atoms with E-state index in [0.29, 0.717) is 13.0 Å². The molecular weight excluding hydrogens is 422 g/mol. The molecule has 0 heterocycles. The van der Waals surface area contributed by atoms with Crippen molar-refractivity contribution in [2.24, 2.45) is 5.92 Å². The van der Waals surface area contributed by atoms with Crippen LogP contribution in [-0.4, -0.2) is 43.9 Å². The van der Waals surface area contributed by atoms with E-state index in [-0.39, 0.29) is 24.4 Å². The second-order valence-corrected chi connectivity index (χ2v) is 9.00. The van der Waals surface area contributed by atoms with Crippen LogP contribution in [0.15, 0.2) is 66.7 Å². The van der Waals surface area contributed by atoms with Crippen molar-refractivity contribution in [1.29, 1.82) is 0 Å². The first-order chi connectivity index (χ1) is 15.0. The quantitative estimate of drug-likeness (QED) is 0.517. The number of hydrogen-bond acceptors (Lipinski definition) is 4. The molecule has 0 radical (unpaired) electrons. The van der Waals surface area contributed by atoms with Gasteiger partial charge >= 0.3 is 0 Å². The second kappa shape index (κ2) is 10.7. The van der Waals surface area contributed by atoms with E-state index in [2.05, 4.69) is 61.5 Å².